The van der Waals surface area contributed by atoms with Crippen LogP contribution in [0.3, 0.4) is 0 Å². The Labute approximate surface area is 114 Å². The zero-order valence-corrected chi connectivity index (χ0v) is 10.6. The SMILES string of the molecule is NC(CC(=O)Nc1ccc(OC(F)(F)F)cc1)C1CC1. The van der Waals surface area contributed by atoms with Gasteiger partial charge in [0.05, 0.1) is 0 Å². The van der Waals surface area contributed by atoms with Gasteiger partial charge in [-0.15, -0.1) is 13.2 Å². The lowest BCUT2D eigenvalue weighted by atomic mass is 10.1. The summed E-state index contributed by atoms with van der Waals surface area (Å²) in [6.45, 7) is 0. The first kappa shape index (κ1) is 14.6. The van der Waals surface area contributed by atoms with Crippen LogP contribution >= 0.6 is 0 Å². The maximum atomic E-state index is 12.0. The van der Waals surface area contributed by atoms with Crippen LogP contribution in [0, 0.1) is 5.92 Å². The van der Waals surface area contributed by atoms with Gasteiger partial charge in [-0.1, -0.05) is 0 Å². The lowest BCUT2D eigenvalue weighted by Gasteiger charge is -2.12. The summed E-state index contributed by atoms with van der Waals surface area (Å²) in [7, 11) is 0. The van der Waals surface area contributed by atoms with Crippen molar-refractivity contribution in [1.29, 1.82) is 0 Å². The molecule has 0 bridgehead atoms. The summed E-state index contributed by atoms with van der Waals surface area (Å²) in [6.07, 6.45) is -2.40. The van der Waals surface area contributed by atoms with Crippen molar-refractivity contribution >= 4 is 11.6 Å². The number of benzene rings is 1. The van der Waals surface area contributed by atoms with Crippen molar-refractivity contribution in [3.63, 3.8) is 0 Å². The van der Waals surface area contributed by atoms with Gasteiger partial charge in [0.1, 0.15) is 5.75 Å². The number of rotatable bonds is 5. The zero-order valence-electron chi connectivity index (χ0n) is 10.6. The standard InChI is InChI=1S/C13H15F3N2O2/c14-13(15,16)20-10-5-3-9(4-6-10)18-12(19)7-11(17)8-1-2-8/h3-6,8,11H,1-2,7,17H2,(H,18,19). The highest BCUT2D eigenvalue weighted by Gasteiger charge is 2.31. The molecule has 0 radical (unpaired) electrons. The van der Waals surface area contributed by atoms with Gasteiger partial charge in [-0.2, -0.15) is 0 Å². The second-order valence-electron chi connectivity index (χ2n) is 4.83. The van der Waals surface area contributed by atoms with Crippen LogP contribution in [0.5, 0.6) is 5.75 Å². The summed E-state index contributed by atoms with van der Waals surface area (Å²) in [5.74, 6) is -0.151. The van der Waals surface area contributed by atoms with Gasteiger partial charge in [-0.25, -0.2) is 0 Å². The largest absolute Gasteiger partial charge is 0.573 e. The molecule has 0 aliphatic heterocycles. The number of carbonyl (C=O) groups excluding carboxylic acids is 1. The lowest BCUT2D eigenvalue weighted by Crippen LogP contribution is -2.28. The number of ether oxygens (including phenoxy) is 1. The molecule has 1 saturated carbocycles. The predicted octanol–water partition coefficient (Wildman–Crippen LogP) is 2.65. The number of carbonyl (C=O) groups is 1. The molecule has 3 N–H and O–H groups in total. The van der Waals surface area contributed by atoms with Crippen LogP contribution in [0.1, 0.15) is 19.3 Å². The summed E-state index contributed by atoms with van der Waals surface area (Å²) in [5, 5.41) is 2.59. The molecule has 1 fully saturated rings. The third kappa shape index (κ3) is 4.73. The fourth-order valence-electron chi connectivity index (χ4n) is 1.86. The molecule has 0 saturated heterocycles. The van der Waals surface area contributed by atoms with Crippen molar-refractivity contribution in [2.75, 3.05) is 5.32 Å². The molecule has 1 aromatic rings. The quantitative estimate of drug-likeness (QED) is 0.875. The Morgan fingerprint density at radius 2 is 1.95 bits per heavy atom. The molecular weight excluding hydrogens is 273 g/mol. The van der Waals surface area contributed by atoms with Gasteiger partial charge in [0.15, 0.2) is 0 Å². The fourth-order valence-corrected chi connectivity index (χ4v) is 1.86. The number of halogens is 3. The van der Waals surface area contributed by atoms with Crippen molar-refractivity contribution in [3.8, 4) is 5.75 Å². The number of hydrogen-bond acceptors (Lipinski definition) is 3. The van der Waals surface area contributed by atoms with E-state index in [1.54, 1.807) is 0 Å². The number of anilines is 1. The molecule has 7 heteroatoms. The number of nitrogens with two attached hydrogens (primary N) is 1. The lowest BCUT2D eigenvalue weighted by molar-refractivity contribution is -0.274. The summed E-state index contributed by atoms with van der Waals surface area (Å²) in [6, 6.07) is 4.83. The van der Waals surface area contributed by atoms with Gasteiger partial charge < -0.3 is 15.8 Å². The number of nitrogens with one attached hydrogen (secondary N) is 1. The van der Waals surface area contributed by atoms with Crippen molar-refractivity contribution in [2.45, 2.75) is 31.7 Å². The summed E-state index contributed by atoms with van der Waals surface area (Å²) >= 11 is 0. The summed E-state index contributed by atoms with van der Waals surface area (Å²) < 4.78 is 39.6. The van der Waals surface area contributed by atoms with E-state index in [1.165, 1.54) is 12.1 Å². The minimum Gasteiger partial charge on any atom is -0.406 e. The summed E-state index contributed by atoms with van der Waals surface area (Å²) in [4.78, 5) is 11.7. The van der Waals surface area contributed by atoms with Crippen molar-refractivity contribution in [1.82, 2.24) is 0 Å². The van der Waals surface area contributed by atoms with E-state index in [2.05, 4.69) is 10.1 Å². The van der Waals surface area contributed by atoms with Gasteiger partial charge in [-0.05, 0) is 43.0 Å². The molecule has 0 spiro atoms. The molecule has 0 heterocycles. The van der Waals surface area contributed by atoms with Crippen LogP contribution in [0.4, 0.5) is 18.9 Å². The van der Waals surface area contributed by atoms with Crippen LogP contribution in [0.25, 0.3) is 0 Å². The second kappa shape index (κ2) is 5.70. The van der Waals surface area contributed by atoms with Crippen molar-refractivity contribution in [3.05, 3.63) is 24.3 Å². The van der Waals surface area contributed by atoms with E-state index < -0.39 is 6.36 Å². The third-order valence-electron chi connectivity index (χ3n) is 3.02. The van der Waals surface area contributed by atoms with E-state index in [9.17, 15) is 18.0 Å². The maximum absolute atomic E-state index is 12.0. The van der Waals surface area contributed by atoms with Gasteiger partial charge in [-0.3, -0.25) is 4.79 Å². The molecule has 1 atom stereocenters. The van der Waals surface area contributed by atoms with Gasteiger partial charge >= 0.3 is 6.36 Å². The fraction of sp³-hybridized carbons (Fsp3) is 0.462. The first-order chi connectivity index (χ1) is 9.33. The van der Waals surface area contributed by atoms with Gasteiger partial charge in [0, 0.05) is 18.2 Å². The van der Waals surface area contributed by atoms with E-state index in [0.717, 1.165) is 25.0 Å². The van der Waals surface area contributed by atoms with Gasteiger partial charge in [0.2, 0.25) is 5.91 Å². The Kier molecular flexibility index (Phi) is 4.17. The first-order valence-electron chi connectivity index (χ1n) is 6.25. The Balaban J connectivity index is 1.85. The summed E-state index contributed by atoms with van der Waals surface area (Å²) in [5.41, 5.74) is 6.23. The van der Waals surface area contributed by atoms with Crippen LogP contribution in [0.2, 0.25) is 0 Å². The molecule has 2 rings (SSSR count). The average molecular weight is 288 g/mol. The monoisotopic (exact) mass is 288 g/mol. The van der Waals surface area contributed by atoms with Crippen LogP contribution in [-0.2, 0) is 4.79 Å². The highest BCUT2D eigenvalue weighted by Crippen LogP contribution is 2.33. The van der Waals surface area contributed by atoms with Crippen molar-refractivity contribution < 1.29 is 22.7 Å². The molecule has 20 heavy (non-hydrogen) atoms. The van der Waals surface area contributed by atoms with Crippen molar-refractivity contribution in [2.24, 2.45) is 11.7 Å². The Morgan fingerprint density at radius 1 is 1.35 bits per heavy atom. The van der Waals surface area contributed by atoms with E-state index in [1.807, 2.05) is 0 Å². The minimum absolute atomic E-state index is 0.150. The smallest absolute Gasteiger partial charge is 0.406 e. The van der Waals surface area contributed by atoms with Crippen LogP contribution in [0.15, 0.2) is 24.3 Å². The van der Waals surface area contributed by atoms with Crippen LogP contribution in [-0.4, -0.2) is 18.3 Å². The molecule has 1 amide bonds. The Bertz CT molecular complexity index is 469. The first-order valence-corrected chi connectivity index (χ1v) is 6.25. The molecule has 4 nitrogen and oxygen atoms in total. The van der Waals surface area contributed by atoms with E-state index in [4.69, 9.17) is 5.73 Å². The average Bonchev–Trinajstić information content (AvgIpc) is 3.13. The Morgan fingerprint density at radius 3 is 2.45 bits per heavy atom. The molecular formula is C13H15F3N2O2. The normalized spacial score (nSPS) is 16.6. The highest BCUT2D eigenvalue weighted by molar-refractivity contribution is 5.91. The topological polar surface area (TPSA) is 64.4 Å². The number of amides is 1. The van der Waals surface area contributed by atoms with Crippen LogP contribution < -0.4 is 15.8 Å². The van der Waals surface area contributed by atoms with Gasteiger partial charge in [0.25, 0.3) is 0 Å². The maximum Gasteiger partial charge on any atom is 0.573 e. The van der Waals surface area contributed by atoms with E-state index in [0.29, 0.717) is 11.6 Å². The Hall–Kier alpha value is -1.76. The van der Waals surface area contributed by atoms with E-state index in [-0.39, 0.29) is 24.1 Å². The molecule has 1 aromatic carbocycles. The molecule has 1 aliphatic rings. The minimum atomic E-state index is -4.72. The zero-order chi connectivity index (χ0) is 14.8. The molecule has 0 aromatic heterocycles. The highest BCUT2D eigenvalue weighted by atomic mass is 19.4. The predicted molar refractivity (Wildman–Crippen MR) is 67.1 cm³/mol. The third-order valence-corrected chi connectivity index (χ3v) is 3.02. The number of alkyl halides is 3. The van der Waals surface area contributed by atoms with E-state index >= 15 is 0 Å². The molecule has 1 aliphatic carbocycles. The second-order valence-corrected chi connectivity index (χ2v) is 4.83. The number of hydrogen-bond donors (Lipinski definition) is 2. The molecule has 110 valence electrons. The molecule has 1 unspecified atom stereocenters.